The molecule has 1 heterocycles. The van der Waals surface area contributed by atoms with Gasteiger partial charge in [-0.25, -0.2) is 17.5 Å². The topological polar surface area (TPSA) is 92.8 Å². The van der Waals surface area contributed by atoms with Gasteiger partial charge in [-0.3, -0.25) is 9.59 Å². The molecule has 1 aliphatic heterocycles. The molecule has 0 spiro atoms. The Morgan fingerprint density at radius 3 is 2.56 bits per heavy atom. The van der Waals surface area contributed by atoms with Crippen LogP contribution in [0.15, 0.2) is 29.2 Å². The molecular formula is C18H25FN2O5S. The smallest absolute Gasteiger partial charge is 0.307 e. The van der Waals surface area contributed by atoms with Gasteiger partial charge in [-0.05, 0) is 37.8 Å². The third-order valence-corrected chi connectivity index (χ3v) is 5.99. The summed E-state index contributed by atoms with van der Waals surface area (Å²) in [4.78, 5) is 25.4. The summed E-state index contributed by atoms with van der Waals surface area (Å²) < 4.78 is 44.9. The van der Waals surface area contributed by atoms with Crippen LogP contribution in [-0.2, 0) is 24.3 Å². The predicted molar refractivity (Wildman–Crippen MR) is 96.7 cm³/mol. The fourth-order valence-electron chi connectivity index (χ4n) is 2.82. The maximum Gasteiger partial charge on any atom is 0.307 e. The van der Waals surface area contributed by atoms with Crippen LogP contribution in [0.3, 0.4) is 0 Å². The number of rotatable bonds is 7. The summed E-state index contributed by atoms with van der Waals surface area (Å²) in [5, 5.41) is 0. The van der Waals surface area contributed by atoms with Crippen LogP contribution < -0.4 is 4.72 Å². The van der Waals surface area contributed by atoms with Gasteiger partial charge in [0, 0.05) is 19.6 Å². The van der Waals surface area contributed by atoms with Crippen molar-refractivity contribution in [3.63, 3.8) is 0 Å². The van der Waals surface area contributed by atoms with Gasteiger partial charge >= 0.3 is 5.97 Å². The Morgan fingerprint density at radius 1 is 1.30 bits per heavy atom. The second-order valence-electron chi connectivity index (χ2n) is 6.72. The molecule has 0 radical (unpaired) electrons. The average molecular weight is 400 g/mol. The molecule has 7 nitrogen and oxygen atoms in total. The SMILES string of the molecule is CC1CCN(C(=O)C(C)OC(=O)CCNS(=O)(=O)c2ccccc2F)CC1. The van der Waals surface area contributed by atoms with E-state index in [0.717, 1.165) is 25.0 Å². The van der Waals surface area contributed by atoms with Crippen molar-refractivity contribution >= 4 is 21.9 Å². The summed E-state index contributed by atoms with van der Waals surface area (Å²) in [6, 6.07) is 4.96. The van der Waals surface area contributed by atoms with Gasteiger partial charge in [0.05, 0.1) is 6.42 Å². The van der Waals surface area contributed by atoms with Gasteiger partial charge in [0.2, 0.25) is 10.0 Å². The maximum absolute atomic E-state index is 13.6. The highest BCUT2D eigenvalue weighted by Gasteiger charge is 2.27. The van der Waals surface area contributed by atoms with Crippen molar-refractivity contribution in [3.8, 4) is 0 Å². The van der Waals surface area contributed by atoms with Crippen molar-refractivity contribution in [3.05, 3.63) is 30.1 Å². The summed E-state index contributed by atoms with van der Waals surface area (Å²) in [6.45, 7) is 4.67. The number of piperidine rings is 1. The Balaban J connectivity index is 1.79. The van der Waals surface area contributed by atoms with E-state index in [-0.39, 0.29) is 18.9 Å². The first kappa shape index (κ1) is 21.3. The van der Waals surface area contributed by atoms with E-state index in [2.05, 4.69) is 11.6 Å². The fraction of sp³-hybridized carbons (Fsp3) is 0.556. The molecule has 1 saturated heterocycles. The molecule has 0 saturated carbocycles. The quantitative estimate of drug-likeness (QED) is 0.703. The number of nitrogens with one attached hydrogen (secondary N) is 1. The predicted octanol–water partition coefficient (Wildman–Crippen LogP) is 1.68. The van der Waals surface area contributed by atoms with Crippen LogP contribution in [0.25, 0.3) is 0 Å². The number of halogens is 1. The zero-order valence-electron chi connectivity index (χ0n) is 15.5. The van der Waals surface area contributed by atoms with Crippen LogP contribution >= 0.6 is 0 Å². The summed E-state index contributed by atoms with van der Waals surface area (Å²) in [6.07, 6.45) is 0.658. The zero-order chi connectivity index (χ0) is 20.0. The number of carbonyl (C=O) groups excluding carboxylic acids is 2. The number of carbonyl (C=O) groups is 2. The lowest BCUT2D eigenvalue weighted by atomic mass is 9.99. The lowest BCUT2D eigenvalue weighted by molar-refractivity contribution is -0.159. The third-order valence-electron chi connectivity index (χ3n) is 4.50. The number of amides is 1. The minimum atomic E-state index is -4.06. The fourth-order valence-corrected chi connectivity index (χ4v) is 3.93. The van der Waals surface area contributed by atoms with Crippen molar-refractivity contribution in [1.82, 2.24) is 9.62 Å². The second kappa shape index (κ2) is 9.27. The van der Waals surface area contributed by atoms with E-state index in [1.807, 2.05) is 0 Å². The number of esters is 1. The van der Waals surface area contributed by atoms with E-state index in [9.17, 15) is 22.4 Å². The Labute approximate surface area is 158 Å². The number of nitrogens with zero attached hydrogens (tertiary/aromatic N) is 1. The van der Waals surface area contributed by atoms with E-state index >= 15 is 0 Å². The van der Waals surface area contributed by atoms with Crippen LogP contribution in [0.4, 0.5) is 4.39 Å². The molecule has 1 fully saturated rings. The number of likely N-dealkylation sites (tertiary alicyclic amines) is 1. The summed E-state index contributed by atoms with van der Waals surface area (Å²) in [5.74, 6) is -1.24. The molecule has 0 aromatic heterocycles. The largest absolute Gasteiger partial charge is 0.452 e. The van der Waals surface area contributed by atoms with E-state index in [1.54, 1.807) is 4.90 Å². The van der Waals surface area contributed by atoms with Crippen molar-refractivity contribution in [2.45, 2.75) is 44.1 Å². The van der Waals surface area contributed by atoms with Gasteiger partial charge < -0.3 is 9.64 Å². The van der Waals surface area contributed by atoms with Gasteiger partial charge in [0.1, 0.15) is 10.7 Å². The number of benzene rings is 1. The molecular weight excluding hydrogens is 375 g/mol. The van der Waals surface area contributed by atoms with E-state index < -0.39 is 32.8 Å². The van der Waals surface area contributed by atoms with E-state index in [4.69, 9.17) is 4.74 Å². The molecule has 1 aromatic carbocycles. The molecule has 27 heavy (non-hydrogen) atoms. The monoisotopic (exact) mass is 400 g/mol. The normalized spacial score (nSPS) is 16.8. The Hall–Kier alpha value is -2.00. The second-order valence-corrected chi connectivity index (χ2v) is 8.45. The number of sulfonamides is 1. The van der Waals surface area contributed by atoms with Gasteiger partial charge in [-0.15, -0.1) is 0 Å². The van der Waals surface area contributed by atoms with E-state index in [1.165, 1.54) is 19.1 Å². The third kappa shape index (κ3) is 6.00. The molecule has 0 aliphatic carbocycles. The lowest BCUT2D eigenvalue weighted by Crippen LogP contribution is -2.44. The molecule has 1 aliphatic rings. The number of hydrogen-bond acceptors (Lipinski definition) is 5. The first-order valence-corrected chi connectivity index (χ1v) is 10.4. The van der Waals surface area contributed by atoms with Crippen LogP contribution in [-0.4, -0.2) is 50.9 Å². The molecule has 0 bridgehead atoms. The van der Waals surface area contributed by atoms with Crippen molar-refractivity contribution in [2.75, 3.05) is 19.6 Å². The molecule has 2 rings (SSSR count). The van der Waals surface area contributed by atoms with Crippen LogP contribution in [0.2, 0.25) is 0 Å². The molecule has 1 aromatic rings. The Morgan fingerprint density at radius 2 is 1.93 bits per heavy atom. The van der Waals surface area contributed by atoms with Crippen LogP contribution in [0.5, 0.6) is 0 Å². The minimum absolute atomic E-state index is 0.248. The number of ether oxygens (including phenoxy) is 1. The lowest BCUT2D eigenvalue weighted by Gasteiger charge is -2.31. The zero-order valence-corrected chi connectivity index (χ0v) is 16.3. The first-order valence-electron chi connectivity index (χ1n) is 8.93. The highest BCUT2D eigenvalue weighted by Crippen LogP contribution is 2.17. The highest BCUT2D eigenvalue weighted by atomic mass is 32.2. The Bertz CT molecular complexity index is 776. The van der Waals surface area contributed by atoms with Crippen molar-refractivity contribution in [2.24, 2.45) is 5.92 Å². The van der Waals surface area contributed by atoms with Crippen molar-refractivity contribution in [1.29, 1.82) is 0 Å². The highest BCUT2D eigenvalue weighted by molar-refractivity contribution is 7.89. The molecule has 1 unspecified atom stereocenters. The molecule has 1 N–H and O–H groups in total. The first-order chi connectivity index (χ1) is 12.7. The molecule has 1 amide bonds. The van der Waals surface area contributed by atoms with E-state index in [0.29, 0.717) is 19.0 Å². The van der Waals surface area contributed by atoms with Gasteiger partial charge in [-0.2, -0.15) is 0 Å². The standard InChI is InChI=1S/C18H25FN2O5S/c1-13-8-11-21(12-9-13)18(23)14(2)26-17(22)7-10-20-27(24,25)16-6-4-3-5-15(16)19/h3-6,13-14,20H,7-12H2,1-2H3. The average Bonchev–Trinajstić information content (AvgIpc) is 2.61. The van der Waals surface area contributed by atoms with Crippen molar-refractivity contribution < 1.29 is 27.1 Å². The minimum Gasteiger partial charge on any atom is -0.452 e. The summed E-state index contributed by atoms with van der Waals surface area (Å²) in [7, 11) is -4.06. The summed E-state index contributed by atoms with van der Waals surface area (Å²) in [5.41, 5.74) is 0. The van der Waals surface area contributed by atoms with Gasteiger partial charge in [-0.1, -0.05) is 19.1 Å². The molecule has 9 heteroatoms. The molecule has 1 atom stereocenters. The van der Waals surface area contributed by atoms with Crippen LogP contribution in [0.1, 0.15) is 33.1 Å². The van der Waals surface area contributed by atoms with Gasteiger partial charge in [0.25, 0.3) is 5.91 Å². The molecule has 150 valence electrons. The Kier molecular flexibility index (Phi) is 7.32. The number of hydrogen-bond donors (Lipinski definition) is 1. The van der Waals surface area contributed by atoms with Gasteiger partial charge in [0.15, 0.2) is 6.10 Å². The maximum atomic E-state index is 13.6. The van der Waals surface area contributed by atoms with Crippen LogP contribution in [0, 0.1) is 11.7 Å². The summed E-state index contributed by atoms with van der Waals surface area (Å²) >= 11 is 0.